The first kappa shape index (κ1) is 12.4. The number of halogens is 3. The molecule has 0 aliphatic heterocycles. The van der Waals surface area contributed by atoms with Crippen LogP contribution in [-0.4, -0.2) is 0 Å². The molecule has 0 amide bonds. The standard InChI is InChI=1S/C13H10Cl2FN/c14-11-4-9(5-12(16)6-11)8-1-2-13(15)10(3-8)7-17/h1-6H,7,17H2. The maximum Gasteiger partial charge on any atom is 0.125 e. The van der Waals surface area contributed by atoms with Crippen molar-refractivity contribution in [3.63, 3.8) is 0 Å². The van der Waals surface area contributed by atoms with Gasteiger partial charge in [0.05, 0.1) is 0 Å². The van der Waals surface area contributed by atoms with E-state index in [1.165, 1.54) is 12.1 Å². The lowest BCUT2D eigenvalue weighted by Crippen LogP contribution is -1.97. The van der Waals surface area contributed by atoms with E-state index in [1.807, 2.05) is 12.1 Å². The topological polar surface area (TPSA) is 26.0 Å². The number of rotatable bonds is 2. The molecule has 2 N–H and O–H groups in total. The van der Waals surface area contributed by atoms with E-state index < -0.39 is 0 Å². The molecule has 4 heteroatoms. The Labute approximate surface area is 109 Å². The molecule has 0 radical (unpaired) electrons. The normalized spacial score (nSPS) is 10.6. The van der Waals surface area contributed by atoms with Gasteiger partial charge in [-0.05, 0) is 47.0 Å². The van der Waals surface area contributed by atoms with Crippen molar-refractivity contribution in [1.29, 1.82) is 0 Å². The number of hydrogen-bond acceptors (Lipinski definition) is 1. The highest BCUT2D eigenvalue weighted by atomic mass is 35.5. The lowest BCUT2D eigenvalue weighted by atomic mass is 10.0. The molecule has 0 aliphatic rings. The molecule has 0 unspecified atom stereocenters. The van der Waals surface area contributed by atoms with Crippen LogP contribution >= 0.6 is 23.2 Å². The summed E-state index contributed by atoms with van der Waals surface area (Å²) in [5.41, 5.74) is 7.95. The van der Waals surface area contributed by atoms with Gasteiger partial charge in [0.25, 0.3) is 0 Å². The largest absolute Gasteiger partial charge is 0.326 e. The van der Waals surface area contributed by atoms with Gasteiger partial charge in [-0.1, -0.05) is 29.3 Å². The van der Waals surface area contributed by atoms with Crippen LogP contribution in [0.2, 0.25) is 10.0 Å². The van der Waals surface area contributed by atoms with Crippen LogP contribution in [-0.2, 0) is 6.54 Å². The molecule has 2 aromatic rings. The molecule has 1 nitrogen and oxygen atoms in total. The molecule has 0 fully saturated rings. The first-order chi connectivity index (χ1) is 8.10. The van der Waals surface area contributed by atoms with Gasteiger partial charge < -0.3 is 5.73 Å². The van der Waals surface area contributed by atoms with Gasteiger partial charge in [0.15, 0.2) is 0 Å². The Balaban J connectivity index is 2.52. The molecular formula is C13H10Cl2FN. The fourth-order valence-corrected chi connectivity index (χ4v) is 2.05. The summed E-state index contributed by atoms with van der Waals surface area (Å²) in [4.78, 5) is 0. The second kappa shape index (κ2) is 5.05. The zero-order valence-corrected chi connectivity index (χ0v) is 10.4. The van der Waals surface area contributed by atoms with E-state index in [1.54, 1.807) is 12.1 Å². The summed E-state index contributed by atoms with van der Waals surface area (Å²) in [6, 6.07) is 9.80. The van der Waals surface area contributed by atoms with Crippen molar-refractivity contribution < 1.29 is 4.39 Å². The van der Waals surface area contributed by atoms with Crippen LogP contribution in [0.15, 0.2) is 36.4 Å². The van der Waals surface area contributed by atoms with Crippen molar-refractivity contribution >= 4 is 23.2 Å². The maximum atomic E-state index is 13.2. The van der Waals surface area contributed by atoms with Crippen LogP contribution < -0.4 is 5.73 Å². The molecule has 0 aromatic heterocycles. The minimum Gasteiger partial charge on any atom is -0.326 e. The third-order valence-electron chi connectivity index (χ3n) is 2.46. The molecule has 2 rings (SSSR count). The van der Waals surface area contributed by atoms with Gasteiger partial charge >= 0.3 is 0 Å². The van der Waals surface area contributed by atoms with E-state index >= 15 is 0 Å². The Hall–Kier alpha value is -1.09. The van der Waals surface area contributed by atoms with Crippen molar-refractivity contribution in [2.45, 2.75) is 6.54 Å². The molecule has 17 heavy (non-hydrogen) atoms. The highest BCUT2D eigenvalue weighted by Crippen LogP contribution is 2.27. The van der Waals surface area contributed by atoms with Gasteiger partial charge in [-0.15, -0.1) is 0 Å². The van der Waals surface area contributed by atoms with Crippen molar-refractivity contribution in [2.75, 3.05) is 0 Å². The zero-order chi connectivity index (χ0) is 12.4. The van der Waals surface area contributed by atoms with Gasteiger partial charge in [-0.2, -0.15) is 0 Å². The summed E-state index contributed by atoms with van der Waals surface area (Å²) in [6.45, 7) is 0.343. The van der Waals surface area contributed by atoms with Gasteiger partial charge in [0.2, 0.25) is 0 Å². The minimum absolute atomic E-state index is 0.343. The monoisotopic (exact) mass is 269 g/mol. The van der Waals surface area contributed by atoms with Crippen LogP contribution in [0, 0.1) is 5.82 Å². The van der Waals surface area contributed by atoms with Crippen molar-refractivity contribution in [2.24, 2.45) is 5.73 Å². The van der Waals surface area contributed by atoms with Gasteiger partial charge in [0, 0.05) is 16.6 Å². The number of nitrogens with two attached hydrogens (primary N) is 1. The third-order valence-corrected chi connectivity index (χ3v) is 3.05. The van der Waals surface area contributed by atoms with Crippen molar-refractivity contribution in [3.8, 4) is 11.1 Å². The molecule has 0 saturated heterocycles. The van der Waals surface area contributed by atoms with Crippen LogP contribution in [0.25, 0.3) is 11.1 Å². The van der Waals surface area contributed by atoms with Gasteiger partial charge in [-0.25, -0.2) is 4.39 Å². The second-order valence-electron chi connectivity index (χ2n) is 3.67. The highest BCUT2D eigenvalue weighted by Gasteiger charge is 2.05. The lowest BCUT2D eigenvalue weighted by Gasteiger charge is -2.07. The summed E-state index contributed by atoms with van der Waals surface area (Å²) in [5, 5.41) is 0.975. The Bertz CT molecular complexity index is 535. The van der Waals surface area contributed by atoms with Crippen LogP contribution in [0.3, 0.4) is 0 Å². The van der Waals surface area contributed by atoms with E-state index in [4.69, 9.17) is 28.9 Å². The fourth-order valence-electron chi connectivity index (χ4n) is 1.63. The summed E-state index contributed by atoms with van der Waals surface area (Å²) < 4.78 is 13.2. The molecule has 88 valence electrons. The maximum absolute atomic E-state index is 13.2. The predicted octanol–water partition coefficient (Wildman–Crippen LogP) is 4.26. The lowest BCUT2D eigenvalue weighted by molar-refractivity contribution is 0.628. The molecule has 0 heterocycles. The van der Waals surface area contributed by atoms with Crippen LogP contribution in [0.5, 0.6) is 0 Å². The number of hydrogen-bond donors (Lipinski definition) is 1. The van der Waals surface area contributed by atoms with E-state index in [0.717, 1.165) is 11.1 Å². The average Bonchev–Trinajstić information content (AvgIpc) is 2.28. The molecule has 0 bridgehead atoms. The average molecular weight is 270 g/mol. The van der Waals surface area contributed by atoms with Gasteiger partial charge in [-0.3, -0.25) is 0 Å². The summed E-state index contributed by atoms with van der Waals surface area (Å²) in [5.74, 6) is -0.364. The smallest absolute Gasteiger partial charge is 0.125 e. The third kappa shape index (κ3) is 2.78. The van der Waals surface area contributed by atoms with Gasteiger partial charge in [0.1, 0.15) is 5.82 Å². The predicted molar refractivity (Wildman–Crippen MR) is 69.7 cm³/mol. The highest BCUT2D eigenvalue weighted by molar-refractivity contribution is 6.31. The first-order valence-electron chi connectivity index (χ1n) is 5.05. The van der Waals surface area contributed by atoms with Crippen LogP contribution in [0.1, 0.15) is 5.56 Å². The molecular weight excluding hydrogens is 260 g/mol. The molecule has 0 atom stereocenters. The first-order valence-corrected chi connectivity index (χ1v) is 5.80. The fraction of sp³-hybridized carbons (Fsp3) is 0.0769. The van der Waals surface area contributed by atoms with Crippen molar-refractivity contribution in [3.05, 3.63) is 57.8 Å². The van der Waals surface area contributed by atoms with E-state index in [-0.39, 0.29) is 5.82 Å². The molecule has 0 aliphatic carbocycles. The van der Waals surface area contributed by atoms with E-state index in [0.29, 0.717) is 22.2 Å². The Morgan fingerprint density at radius 2 is 1.76 bits per heavy atom. The van der Waals surface area contributed by atoms with Crippen LogP contribution in [0.4, 0.5) is 4.39 Å². The van der Waals surface area contributed by atoms with E-state index in [2.05, 4.69) is 0 Å². The Kier molecular flexibility index (Phi) is 3.67. The zero-order valence-electron chi connectivity index (χ0n) is 8.88. The number of benzene rings is 2. The van der Waals surface area contributed by atoms with Crippen molar-refractivity contribution in [1.82, 2.24) is 0 Å². The SMILES string of the molecule is NCc1cc(-c2cc(F)cc(Cl)c2)ccc1Cl. The van der Waals surface area contributed by atoms with E-state index in [9.17, 15) is 4.39 Å². The summed E-state index contributed by atoms with van der Waals surface area (Å²) in [7, 11) is 0. The summed E-state index contributed by atoms with van der Waals surface area (Å²) >= 11 is 11.8. The quantitative estimate of drug-likeness (QED) is 0.866. The minimum atomic E-state index is -0.364. The Morgan fingerprint density at radius 3 is 2.41 bits per heavy atom. The Morgan fingerprint density at radius 1 is 1.00 bits per heavy atom. The molecule has 2 aromatic carbocycles. The summed E-state index contributed by atoms with van der Waals surface area (Å²) in [6.07, 6.45) is 0. The molecule has 0 saturated carbocycles. The second-order valence-corrected chi connectivity index (χ2v) is 4.51. The molecule has 0 spiro atoms.